The summed E-state index contributed by atoms with van der Waals surface area (Å²) in [5.41, 5.74) is 0.903. The summed E-state index contributed by atoms with van der Waals surface area (Å²) in [6.45, 7) is 2.02. The van der Waals surface area contributed by atoms with Gasteiger partial charge in [-0.05, 0) is 67.6 Å². The quantitative estimate of drug-likeness (QED) is 0.549. The maximum atomic E-state index is 12.4. The lowest BCUT2D eigenvalue weighted by atomic mass is 10.2. The summed E-state index contributed by atoms with van der Waals surface area (Å²) < 4.78 is 22.8. The summed E-state index contributed by atoms with van der Waals surface area (Å²) >= 11 is 5.83. The summed E-state index contributed by atoms with van der Waals surface area (Å²) in [6.07, 6.45) is 0. The number of benzene rings is 2. The molecule has 150 valence electrons. The number of amides is 1. The van der Waals surface area contributed by atoms with Gasteiger partial charge in [0.25, 0.3) is 5.91 Å². The normalized spacial score (nSPS) is 11.7. The van der Waals surface area contributed by atoms with E-state index in [1.807, 2.05) is 0 Å². The molecule has 3 aromatic rings. The van der Waals surface area contributed by atoms with Crippen molar-refractivity contribution in [3.8, 4) is 0 Å². The van der Waals surface area contributed by atoms with E-state index in [2.05, 4.69) is 5.32 Å². The monoisotopic (exact) mass is 431 g/mol. The summed E-state index contributed by atoms with van der Waals surface area (Å²) in [5.74, 6) is -0.195. The predicted octanol–water partition coefficient (Wildman–Crippen LogP) is 4.67. The number of hydrogen-bond acceptors (Lipinski definition) is 5. The van der Waals surface area contributed by atoms with Gasteiger partial charge in [-0.2, -0.15) is 0 Å². The van der Waals surface area contributed by atoms with Crippen LogP contribution in [0.15, 0.2) is 70.0 Å². The molecule has 0 spiro atoms. The standard InChI is InChI=1S/C21H18ClNO5S/c1-2-27-21(25)14-3-7-16(8-4-14)23-20(24)19-12-9-17(28-19)13-29(26)18-10-5-15(22)6-11-18/h3-12H,2,13H2,1H3,(H,23,24)/t29-/m1/s1. The van der Waals surface area contributed by atoms with Crippen LogP contribution in [0.1, 0.15) is 33.6 Å². The highest BCUT2D eigenvalue weighted by molar-refractivity contribution is 7.84. The second-order valence-electron chi connectivity index (χ2n) is 5.96. The molecule has 2 aromatic carbocycles. The molecule has 0 aliphatic rings. The third-order valence-corrected chi connectivity index (χ3v) is 5.49. The first-order chi connectivity index (χ1) is 14.0. The van der Waals surface area contributed by atoms with E-state index in [4.69, 9.17) is 20.8 Å². The number of carbonyl (C=O) groups is 2. The van der Waals surface area contributed by atoms with Crippen LogP contribution in [0.4, 0.5) is 5.69 Å². The van der Waals surface area contributed by atoms with Gasteiger partial charge >= 0.3 is 5.97 Å². The van der Waals surface area contributed by atoms with E-state index in [1.165, 1.54) is 6.07 Å². The molecular weight excluding hydrogens is 414 g/mol. The Hall–Kier alpha value is -2.90. The van der Waals surface area contributed by atoms with E-state index in [0.717, 1.165) is 0 Å². The number of esters is 1. The number of furan rings is 1. The average Bonchev–Trinajstić information content (AvgIpc) is 3.18. The lowest BCUT2D eigenvalue weighted by Gasteiger charge is -2.05. The van der Waals surface area contributed by atoms with Crippen molar-refractivity contribution in [1.82, 2.24) is 0 Å². The molecule has 0 aliphatic carbocycles. The molecule has 0 fully saturated rings. The van der Waals surface area contributed by atoms with Crippen molar-refractivity contribution in [1.29, 1.82) is 0 Å². The van der Waals surface area contributed by atoms with Crippen LogP contribution in [-0.2, 0) is 21.3 Å². The minimum absolute atomic E-state index is 0.0996. The van der Waals surface area contributed by atoms with Crippen molar-refractivity contribution in [3.05, 3.63) is 82.8 Å². The van der Waals surface area contributed by atoms with Crippen molar-refractivity contribution in [2.45, 2.75) is 17.6 Å². The van der Waals surface area contributed by atoms with Gasteiger partial charge in [-0.15, -0.1) is 0 Å². The number of nitrogens with one attached hydrogen (secondary N) is 1. The van der Waals surface area contributed by atoms with Gasteiger partial charge in [-0.25, -0.2) is 4.79 Å². The van der Waals surface area contributed by atoms with Crippen LogP contribution in [0.25, 0.3) is 0 Å². The van der Waals surface area contributed by atoms with Crippen LogP contribution in [-0.4, -0.2) is 22.7 Å². The molecule has 1 heterocycles. The number of ether oxygens (including phenoxy) is 1. The fraction of sp³-hybridized carbons (Fsp3) is 0.143. The first kappa shape index (κ1) is 20.8. The second kappa shape index (κ2) is 9.54. The molecule has 8 heteroatoms. The minimum atomic E-state index is -1.32. The zero-order valence-electron chi connectivity index (χ0n) is 15.5. The van der Waals surface area contributed by atoms with Crippen LogP contribution in [0.2, 0.25) is 5.02 Å². The molecule has 0 bridgehead atoms. The Kier molecular flexibility index (Phi) is 6.85. The first-order valence-corrected chi connectivity index (χ1v) is 10.5. The predicted molar refractivity (Wildman–Crippen MR) is 111 cm³/mol. The van der Waals surface area contributed by atoms with Gasteiger partial charge in [0.2, 0.25) is 0 Å². The number of halogens is 1. The Bertz CT molecular complexity index is 1030. The lowest BCUT2D eigenvalue weighted by molar-refractivity contribution is 0.0526. The fourth-order valence-electron chi connectivity index (χ4n) is 2.47. The number of rotatable bonds is 7. The molecule has 1 amide bonds. The summed E-state index contributed by atoms with van der Waals surface area (Å²) in [5, 5.41) is 3.25. The third kappa shape index (κ3) is 5.56. The molecule has 6 nitrogen and oxygen atoms in total. The third-order valence-electron chi connectivity index (χ3n) is 3.89. The summed E-state index contributed by atoms with van der Waals surface area (Å²) in [4.78, 5) is 24.6. The van der Waals surface area contributed by atoms with E-state index >= 15 is 0 Å². The molecule has 0 saturated heterocycles. The van der Waals surface area contributed by atoms with Crippen LogP contribution in [0, 0.1) is 0 Å². The highest BCUT2D eigenvalue weighted by Gasteiger charge is 2.14. The topological polar surface area (TPSA) is 85.6 Å². The highest BCUT2D eigenvalue weighted by atomic mass is 35.5. The summed E-state index contributed by atoms with van der Waals surface area (Å²) in [6, 6.07) is 16.2. The van der Waals surface area contributed by atoms with Gasteiger partial charge in [0, 0.05) is 15.6 Å². The Balaban J connectivity index is 1.61. The maximum absolute atomic E-state index is 12.4. The molecule has 0 saturated carbocycles. The van der Waals surface area contributed by atoms with Gasteiger partial charge in [-0.3, -0.25) is 9.00 Å². The highest BCUT2D eigenvalue weighted by Crippen LogP contribution is 2.18. The zero-order chi connectivity index (χ0) is 20.8. The Morgan fingerprint density at radius 2 is 1.72 bits per heavy atom. The van der Waals surface area contributed by atoms with E-state index in [0.29, 0.717) is 33.5 Å². The van der Waals surface area contributed by atoms with Gasteiger partial charge in [0.15, 0.2) is 5.76 Å². The molecule has 1 N–H and O–H groups in total. The smallest absolute Gasteiger partial charge is 0.338 e. The first-order valence-electron chi connectivity index (χ1n) is 8.77. The number of carbonyl (C=O) groups excluding carboxylic acids is 2. The molecular formula is C21H18ClNO5S. The molecule has 0 unspecified atom stereocenters. The average molecular weight is 432 g/mol. The molecule has 0 radical (unpaired) electrons. The Morgan fingerprint density at radius 1 is 1.03 bits per heavy atom. The Labute approximate surface area is 175 Å². The lowest BCUT2D eigenvalue weighted by Crippen LogP contribution is -2.11. The second-order valence-corrected chi connectivity index (χ2v) is 7.85. The largest absolute Gasteiger partial charge is 0.462 e. The van der Waals surface area contributed by atoms with E-state index in [-0.39, 0.29) is 11.5 Å². The fourth-order valence-corrected chi connectivity index (χ4v) is 3.62. The molecule has 0 aliphatic heterocycles. The maximum Gasteiger partial charge on any atom is 0.338 e. The minimum Gasteiger partial charge on any atom is -0.462 e. The van der Waals surface area contributed by atoms with Gasteiger partial charge in [-0.1, -0.05) is 11.6 Å². The van der Waals surface area contributed by atoms with Crippen LogP contribution >= 0.6 is 11.6 Å². The van der Waals surface area contributed by atoms with E-state index in [1.54, 1.807) is 61.5 Å². The van der Waals surface area contributed by atoms with Gasteiger partial charge in [0.1, 0.15) is 5.76 Å². The molecule has 1 atom stereocenters. The Morgan fingerprint density at radius 3 is 2.38 bits per heavy atom. The van der Waals surface area contributed by atoms with Gasteiger partial charge < -0.3 is 14.5 Å². The van der Waals surface area contributed by atoms with Crippen LogP contribution in [0.3, 0.4) is 0 Å². The van der Waals surface area contributed by atoms with E-state index in [9.17, 15) is 13.8 Å². The van der Waals surface area contributed by atoms with Crippen molar-refractivity contribution in [3.63, 3.8) is 0 Å². The van der Waals surface area contributed by atoms with Gasteiger partial charge in [0.05, 0.1) is 28.7 Å². The zero-order valence-corrected chi connectivity index (χ0v) is 17.1. The molecule has 3 rings (SSSR count). The van der Waals surface area contributed by atoms with Crippen molar-refractivity contribution in [2.75, 3.05) is 11.9 Å². The number of anilines is 1. The number of hydrogen-bond donors (Lipinski definition) is 1. The summed E-state index contributed by atoms with van der Waals surface area (Å²) in [7, 11) is -1.32. The SMILES string of the molecule is CCOC(=O)c1ccc(NC(=O)c2ccc(C[S@@](=O)c3ccc(Cl)cc3)o2)cc1. The van der Waals surface area contributed by atoms with Crippen molar-refractivity contribution in [2.24, 2.45) is 0 Å². The van der Waals surface area contributed by atoms with Crippen molar-refractivity contribution >= 4 is 40.0 Å². The van der Waals surface area contributed by atoms with Crippen LogP contribution < -0.4 is 5.32 Å². The molecule has 29 heavy (non-hydrogen) atoms. The molecule has 1 aromatic heterocycles. The van der Waals surface area contributed by atoms with Crippen molar-refractivity contribution < 1.29 is 23.0 Å². The van der Waals surface area contributed by atoms with Crippen LogP contribution in [0.5, 0.6) is 0 Å². The van der Waals surface area contributed by atoms with E-state index < -0.39 is 22.7 Å².